The second kappa shape index (κ2) is 7.17. The van der Waals surface area contributed by atoms with Crippen molar-refractivity contribution in [3.63, 3.8) is 0 Å². The van der Waals surface area contributed by atoms with Gasteiger partial charge in [0.1, 0.15) is 0 Å². The fraction of sp³-hybridized carbons (Fsp3) is 0.304. The van der Waals surface area contributed by atoms with E-state index < -0.39 is 20.8 Å². The third-order valence-electron chi connectivity index (χ3n) is 5.95. The summed E-state index contributed by atoms with van der Waals surface area (Å²) in [7, 11) is 0. The zero-order valence-electron chi connectivity index (χ0n) is 15.4. The molecular weight excluding hydrogens is 396 g/mol. The summed E-state index contributed by atoms with van der Waals surface area (Å²) in [5, 5.41) is 41.3. The van der Waals surface area contributed by atoms with E-state index in [9.17, 15) is 21.0 Å². The summed E-state index contributed by atoms with van der Waals surface area (Å²) >= 11 is 3.16. The molecule has 2 bridgehead atoms. The fourth-order valence-corrected chi connectivity index (χ4v) is 8.97. The molecule has 2 saturated heterocycles. The van der Waals surface area contributed by atoms with Gasteiger partial charge in [0.25, 0.3) is 0 Å². The number of nitriles is 4. The number of rotatable bonds is 3. The molecule has 0 N–H and O–H groups in total. The van der Waals surface area contributed by atoms with Crippen molar-refractivity contribution in [1.29, 1.82) is 21.0 Å². The highest BCUT2D eigenvalue weighted by Crippen LogP contribution is 2.74. The third-order valence-corrected chi connectivity index (χ3v) is 9.82. The molecule has 2 aliphatic heterocycles. The highest BCUT2D eigenvalue weighted by Gasteiger charge is 2.76. The van der Waals surface area contributed by atoms with Gasteiger partial charge in [-0.25, -0.2) is 0 Å². The lowest BCUT2D eigenvalue weighted by Gasteiger charge is -2.51. The lowest BCUT2D eigenvalue weighted by Crippen LogP contribution is -2.59. The fourth-order valence-electron chi connectivity index (χ4n) is 4.62. The Morgan fingerprint density at radius 2 is 1.41 bits per heavy atom. The second-order valence-electron chi connectivity index (χ2n) is 7.28. The summed E-state index contributed by atoms with van der Waals surface area (Å²) in [5.41, 5.74) is -1.71. The van der Waals surface area contributed by atoms with Crippen LogP contribution < -0.4 is 0 Å². The van der Waals surface area contributed by atoms with Gasteiger partial charge in [-0.1, -0.05) is 60.7 Å². The predicted molar refractivity (Wildman–Crippen MR) is 113 cm³/mol. The molecule has 3 atom stereocenters. The standard InChI is InChI=1S/C23H16N4S2/c24-13-21(14-25)20(18-9-5-2-6-10-18)19-12-28-23(29-19,22(21,15-26)16-27)11-17-7-3-1-4-8-17/h1-10,19-20H,11-12H2. The Balaban J connectivity index is 1.96. The van der Waals surface area contributed by atoms with Gasteiger partial charge in [0.05, 0.1) is 28.4 Å². The minimum Gasteiger partial charge on any atom is -0.196 e. The van der Waals surface area contributed by atoms with Crippen LogP contribution in [0.15, 0.2) is 60.7 Å². The molecule has 140 valence electrons. The van der Waals surface area contributed by atoms with Gasteiger partial charge in [-0.2, -0.15) is 21.0 Å². The van der Waals surface area contributed by atoms with Gasteiger partial charge >= 0.3 is 0 Å². The summed E-state index contributed by atoms with van der Waals surface area (Å²) in [6.45, 7) is 0. The van der Waals surface area contributed by atoms with Crippen LogP contribution in [0.2, 0.25) is 0 Å². The van der Waals surface area contributed by atoms with E-state index in [1.165, 1.54) is 0 Å². The van der Waals surface area contributed by atoms with E-state index in [2.05, 4.69) is 24.3 Å². The lowest BCUT2D eigenvalue weighted by molar-refractivity contribution is 0.215. The maximum absolute atomic E-state index is 10.4. The Hall–Kier alpha value is -2.90. The summed E-state index contributed by atoms with van der Waals surface area (Å²) < 4.78 is -0.876. The number of benzene rings is 2. The Bertz CT molecular complexity index is 1060. The quantitative estimate of drug-likeness (QED) is 0.729. The molecule has 0 spiro atoms. The van der Waals surface area contributed by atoms with Crippen LogP contribution in [0.5, 0.6) is 0 Å². The topological polar surface area (TPSA) is 95.2 Å². The normalized spacial score (nSPS) is 28.3. The molecule has 0 radical (unpaired) electrons. The van der Waals surface area contributed by atoms with E-state index in [1.54, 1.807) is 23.5 Å². The first-order valence-electron chi connectivity index (χ1n) is 9.17. The van der Waals surface area contributed by atoms with Crippen molar-refractivity contribution in [2.45, 2.75) is 21.7 Å². The van der Waals surface area contributed by atoms with Crippen LogP contribution in [0.25, 0.3) is 0 Å². The predicted octanol–water partition coefficient (Wildman–Crippen LogP) is 4.64. The molecule has 4 rings (SSSR count). The van der Waals surface area contributed by atoms with Crippen LogP contribution in [-0.4, -0.2) is 15.1 Å². The molecule has 0 saturated carbocycles. The number of hydrogen-bond donors (Lipinski definition) is 0. The van der Waals surface area contributed by atoms with Crippen LogP contribution in [0.3, 0.4) is 0 Å². The largest absolute Gasteiger partial charge is 0.199 e. The minimum absolute atomic E-state index is 0.0276. The molecule has 4 nitrogen and oxygen atoms in total. The highest BCUT2D eigenvalue weighted by molar-refractivity contribution is 8.21. The van der Waals surface area contributed by atoms with E-state index in [4.69, 9.17) is 0 Å². The highest BCUT2D eigenvalue weighted by atomic mass is 32.2. The SMILES string of the molecule is N#CC1(C#N)C(c2ccccc2)C2CSC(Cc3ccccc3)(S2)C1(C#N)C#N. The van der Waals surface area contributed by atoms with Crippen LogP contribution in [0.4, 0.5) is 0 Å². The summed E-state index contributed by atoms with van der Waals surface area (Å²) in [6, 6.07) is 27.9. The van der Waals surface area contributed by atoms with Crippen molar-refractivity contribution < 1.29 is 0 Å². The van der Waals surface area contributed by atoms with Gasteiger partial charge in [-0.15, -0.1) is 23.5 Å². The van der Waals surface area contributed by atoms with E-state index in [0.717, 1.165) is 11.1 Å². The molecule has 0 aliphatic carbocycles. The first-order chi connectivity index (χ1) is 14.1. The van der Waals surface area contributed by atoms with Gasteiger partial charge in [0.2, 0.25) is 0 Å². The molecule has 6 heteroatoms. The van der Waals surface area contributed by atoms with Crippen LogP contribution in [0, 0.1) is 56.2 Å². The molecular formula is C23H16N4S2. The van der Waals surface area contributed by atoms with Crippen LogP contribution in [0.1, 0.15) is 17.0 Å². The Kier molecular flexibility index (Phi) is 4.80. The van der Waals surface area contributed by atoms with E-state index in [1.807, 2.05) is 60.7 Å². The zero-order chi connectivity index (χ0) is 20.5. The smallest absolute Gasteiger partial charge is 0.196 e. The second-order valence-corrected chi connectivity index (χ2v) is 10.4. The van der Waals surface area contributed by atoms with Crippen molar-refractivity contribution >= 4 is 23.5 Å². The zero-order valence-corrected chi connectivity index (χ0v) is 17.1. The van der Waals surface area contributed by atoms with Crippen molar-refractivity contribution in [2.75, 3.05) is 5.75 Å². The van der Waals surface area contributed by atoms with Crippen molar-refractivity contribution in [3.05, 3.63) is 71.8 Å². The summed E-state index contributed by atoms with van der Waals surface area (Å²) in [5.74, 6) is 0.176. The van der Waals surface area contributed by atoms with Gasteiger partial charge in [-0.3, -0.25) is 0 Å². The maximum Gasteiger partial charge on any atom is 0.199 e. The maximum atomic E-state index is 10.4. The molecule has 2 aromatic carbocycles. The number of hydrogen-bond acceptors (Lipinski definition) is 6. The molecule has 2 heterocycles. The Morgan fingerprint density at radius 3 is 1.97 bits per heavy atom. The van der Waals surface area contributed by atoms with Gasteiger partial charge < -0.3 is 0 Å². The number of nitrogens with zero attached hydrogens (tertiary/aromatic N) is 4. The monoisotopic (exact) mass is 412 g/mol. The van der Waals surface area contributed by atoms with E-state index in [0.29, 0.717) is 12.2 Å². The summed E-state index contributed by atoms with van der Waals surface area (Å²) in [4.78, 5) is 0. The van der Waals surface area contributed by atoms with Gasteiger partial charge in [-0.05, 0) is 17.5 Å². The number of fused-ring (bicyclic) bond motifs is 2. The average Bonchev–Trinajstić information content (AvgIpc) is 3.16. The number of thioether (sulfide) groups is 2. The molecule has 29 heavy (non-hydrogen) atoms. The van der Waals surface area contributed by atoms with Crippen LogP contribution >= 0.6 is 23.5 Å². The van der Waals surface area contributed by atoms with Crippen molar-refractivity contribution in [1.82, 2.24) is 0 Å². The molecule has 0 aromatic heterocycles. The average molecular weight is 413 g/mol. The first-order valence-corrected chi connectivity index (χ1v) is 11.0. The summed E-state index contributed by atoms with van der Waals surface area (Å²) in [6.07, 6.45) is 0.452. The Morgan fingerprint density at radius 1 is 0.828 bits per heavy atom. The first kappa shape index (κ1) is 19.4. The van der Waals surface area contributed by atoms with E-state index in [-0.39, 0.29) is 5.25 Å². The van der Waals surface area contributed by atoms with Crippen LogP contribution in [-0.2, 0) is 6.42 Å². The minimum atomic E-state index is -1.78. The molecule has 3 unspecified atom stereocenters. The molecule has 0 amide bonds. The van der Waals surface area contributed by atoms with Gasteiger partial charge in [0, 0.05) is 16.9 Å². The van der Waals surface area contributed by atoms with Crippen molar-refractivity contribution in [2.24, 2.45) is 10.8 Å². The van der Waals surface area contributed by atoms with E-state index >= 15 is 0 Å². The third kappa shape index (κ3) is 2.51. The Labute approximate surface area is 178 Å². The lowest BCUT2D eigenvalue weighted by atomic mass is 9.55. The molecule has 2 fully saturated rings. The van der Waals surface area contributed by atoms with Gasteiger partial charge in [0.15, 0.2) is 10.8 Å². The van der Waals surface area contributed by atoms with Crippen molar-refractivity contribution in [3.8, 4) is 24.3 Å². The molecule has 2 aromatic rings. The molecule has 2 aliphatic rings.